The van der Waals surface area contributed by atoms with Crippen LogP contribution in [0.3, 0.4) is 0 Å². The molecule has 0 radical (unpaired) electrons. The van der Waals surface area contributed by atoms with E-state index >= 15 is 0 Å². The maximum absolute atomic E-state index is 5.64. The van der Waals surface area contributed by atoms with Crippen molar-refractivity contribution in [1.82, 2.24) is 10.2 Å². The van der Waals surface area contributed by atoms with Crippen molar-refractivity contribution in [3.05, 3.63) is 0 Å². The maximum Gasteiger partial charge on any atom is 0.0635 e. The van der Waals surface area contributed by atoms with Crippen molar-refractivity contribution in [2.24, 2.45) is 11.8 Å². The molecule has 0 spiro atoms. The van der Waals surface area contributed by atoms with E-state index in [4.69, 9.17) is 4.74 Å². The molecule has 0 aromatic heterocycles. The van der Waals surface area contributed by atoms with Crippen molar-refractivity contribution in [1.29, 1.82) is 0 Å². The Balaban J connectivity index is 1.78. The van der Waals surface area contributed by atoms with Gasteiger partial charge in [-0.25, -0.2) is 0 Å². The van der Waals surface area contributed by atoms with E-state index in [1.54, 1.807) is 0 Å². The van der Waals surface area contributed by atoms with Crippen LogP contribution in [-0.4, -0.2) is 49.3 Å². The lowest BCUT2D eigenvalue weighted by atomic mass is 9.75. The smallest absolute Gasteiger partial charge is 0.0635 e. The Bertz CT molecular complexity index is 271. The van der Waals surface area contributed by atoms with E-state index in [0.29, 0.717) is 6.04 Å². The molecule has 1 aliphatic carbocycles. The van der Waals surface area contributed by atoms with E-state index in [1.807, 2.05) is 0 Å². The molecule has 3 nitrogen and oxygen atoms in total. The molecular formula is C14H26N2O. The molecule has 3 heteroatoms. The third kappa shape index (κ3) is 2.25. The second-order valence-corrected chi connectivity index (χ2v) is 6.30. The summed E-state index contributed by atoms with van der Waals surface area (Å²) < 4.78 is 5.64. The molecule has 3 fully saturated rings. The van der Waals surface area contributed by atoms with Crippen LogP contribution in [0, 0.1) is 11.8 Å². The second-order valence-electron chi connectivity index (χ2n) is 6.30. The highest BCUT2D eigenvalue weighted by molar-refractivity contribution is 4.96. The van der Waals surface area contributed by atoms with Crippen LogP contribution in [0.2, 0.25) is 0 Å². The summed E-state index contributed by atoms with van der Waals surface area (Å²) in [5.41, 5.74) is 0. The van der Waals surface area contributed by atoms with E-state index in [0.717, 1.165) is 50.2 Å². The normalized spacial score (nSPS) is 48.0. The van der Waals surface area contributed by atoms with Crippen LogP contribution in [0.15, 0.2) is 0 Å². The molecule has 17 heavy (non-hydrogen) atoms. The van der Waals surface area contributed by atoms with Gasteiger partial charge >= 0.3 is 0 Å². The van der Waals surface area contributed by atoms with Crippen LogP contribution in [0.25, 0.3) is 0 Å². The minimum Gasteiger partial charge on any atom is -0.378 e. The second kappa shape index (κ2) is 4.87. The fraction of sp³-hybridized carbons (Fsp3) is 1.00. The number of nitrogens with one attached hydrogen (secondary N) is 1. The largest absolute Gasteiger partial charge is 0.378 e. The molecule has 1 saturated carbocycles. The van der Waals surface area contributed by atoms with Crippen LogP contribution >= 0.6 is 0 Å². The maximum atomic E-state index is 5.64. The number of morpholine rings is 1. The van der Waals surface area contributed by atoms with Crippen LogP contribution in [0.5, 0.6) is 0 Å². The van der Waals surface area contributed by atoms with Gasteiger partial charge in [-0.3, -0.25) is 4.90 Å². The minimum atomic E-state index is 0.611. The monoisotopic (exact) mass is 238 g/mol. The summed E-state index contributed by atoms with van der Waals surface area (Å²) in [6.45, 7) is 8.97. The zero-order valence-corrected chi connectivity index (χ0v) is 11.2. The highest BCUT2D eigenvalue weighted by atomic mass is 16.5. The zero-order chi connectivity index (χ0) is 11.8. The van der Waals surface area contributed by atoms with Crippen molar-refractivity contribution in [2.45, 2.75) is 51.2 Å². The van der Waals surface area contributed by atoms with Crippen LogP contribution in [0.4, 0.5) is 0 Å². The molecule has 2 saturated heterocycles. The van der Waals surface area contributed by atoms with E-state index in [9.17, 15) is 0 Å². The molecule has 3 unspecified atom stereocenters. The Morgan fingerprint density at radius 1 is 1.24 bits per heavy atom. The van der Waals surface area contributed by atoms with Gasteiger partial charge in [0.05, 0.1) is 13.2 Å². The molecular weight excluding hydrogens is 212 g/mol. The summed E-state index contributed by atoms with van der Waals surface area (Å²) in [6, 6.07) is 2.10. The van der Waals surface area contributed by atoms with Crippen molar-refractivity contribution < 1.29 is 4.74 Å². The fourth-order valence-corrected chi connectivity index (χ4v) is 4.12. The topological polar surface area (TPSA) is 24.5 Å². The van der Waals surface area contributed by atoms with Crippen LogP contribution in [0.1, 0.15) is 33.1 Å². The van der Waals surface area contributed by atoms with Gasteiger partial charge in [-0.05, 0) is 38.0 Å². The first-order chi connectivity index (χ1) is 8.25. The predicted molar refractivity (Wildman–Crippen MR) is 69.1 cm³/mol. The van der Waals surface area contributed by atoms with Crippen molar-refractivity contribution in [2.75, 3.05) is 26.3 Å². The quantitative estimate of drug-likeness (QED) is 0.692. The van der Waals surface area contributed by atoms with E-state index in [-0.39, 0.29) is 0 Å². The van der Waals surface area contributed by atoms with Gasteiger partial charge in [0.15, 0.2) is 0 Å². The predicted octanol–water partition coefficient (Wildman–Crippen LogP) is 1.48. The lowest BCUT2D eigenvalue weighted by molar-refractivity contribution is -0.0308. The average molecular weight is 238 g/mol. The number of ether oxygens (including phenoxy) is 1. The zero-order valence-electron chi connectivity index (χ0n) is 11.2. The van der Waals surface area contributed by atoms with Gasteiger partial charge in [-0.2, -0.15) is 0 Å². The molecule has 0 amide bonds. The first-order valence-corrected chi connectivity index (χ1v) is 7.32. The van der Waals surface area contributed by atoms with E-state index < -0.39 is 0 Å². The third-order valence-corrected chi connectivity index (χ3v) is 5.19. The van der Waals surface area contributed by atoms with Crippen molar-refractivity contribution in [3.8, 4) is 0 Å². The van der Waals surface area contributed by atoms with Gasteiger partial charge in [0, 0.05) is 31.2 Å². The van der Waals surface area contributed by atoms with E-state index in [2.05, 4.69) is 24.1 Å². The van der Waals surface area contributed by atoms with Crippen molar-refractivity contribution >= 4 is 0 Å². The summed E-state index contributed by atoms with van der Waals surface area (Å²) in [6.07, 6.45) is 4.18. The molecule has 0 bridgehead atoms. The molecule has 5 atom stereocenters. The first kappa shape index (κ1) is 11.9. The summed E-state index contributed by atoms with van der Waals surface area (Å²) in [7, 11) is 0. The van der Waals surface area contributed by atoms with Crippen LogP contribution in [-0.2, 0) is 4.74 Å². The number of rotatable bonds is 0. The Morgan fingerprint density at radius 3 is 3.00 bits per heavy atom. The summed E-state index contributed by atoms with van der Waals surface area (Å²) in [4.78, 5) is 2.71. The van der Waals surface area contributed by atoms with Gasteiger partial charge in [0.25, 0.3) is 0 Å². The lowest BCUT2D eigenvalue weighted by Gasteiger charge is -2.43. The molecule has 3 aliphatic rings. The third-order valence-electron chi connectivity index (χ3n) is 5.19. The molecule has 0 aromatic carbocycles. The van der Waals surface area contributed by atoms with Crippen molar-refractivity contribution in [3.63, 3.8) is 0 Å². The minimum absolute atomic E-state index is 0.611. The highest BCUT2D eigenvalue weighted by Gasteiger charge is 2.40. The molecule has 1 N–H and O–H groups in total. The first-order valence-electron chi connectivity index (χ1n) is 7.32. The Morgan fingerprint density at radius 2 is 2.12 bits per heavy atom. The van der Waals surface area contributed by atoms with Gasteiger partial charge in [-0.15, -0.1) is 0 Å². The molecule has 2 aliphatic heterocycles. The SMILES string of the molecule is CC1CCC2NCC3COCCN3[C@@H](C)[C@@H]2C1. The number of nitrogens with zero attached hydrogens (tertiary/aromatic N) is 1. The molecule has 0 aromatic rings. The van der Waals surface area contributed by atoms with Gasteiger partial charge in [-0.1, -0.05) is 6.92 Å². The number of fused-ring (bicyclic) bond motifs is 2. The molecule has 3 rings (SSSR count). The number of hydrogen-bond acceptors (Lipinski definition) is 3. The Hall–Kier alpha value is -0.120. The standard InChI is InChI=1S/C14H26N2O/c1-10-3-4-14-13(7-10)11(2)16-5-6-17-9-12(16)8-15-14/h10-15H,3-9H2,1-2H3/t10?,11-,12?,13-,14?/m0/s1. The Kier molecular flexibility index (Phi) is 3.42. The lowest BCUT2D eigenvalue weighted by Crippen LogP contribution is -2.53. The van der Waals surface area contributed by atoms with Crippen LogP contribution < -0.4 is 5.32 Å². The highest BCUT2D eigenvalue weighted by Crippen LogP contribution is 2.35. The average Bonchev–Trinajstić information content (AvgIpc) is 2.49. The number of hydrogen-bond donors (Lipinski definition) is 1. The molecule has 2 heterocycles. The van der Waals surface area contributed by atoms with Gasteiger partial charge < -0.3 is 10.1 Å². The van der Waals surface area contributed by atoms with Gasteiger partial charge in [0.2, 0.25) is 0 Å². The van der Waals surface area contributed by atoms with Gasteiger partial charge in [0.1, 0.15) is 0 Å². The Labute approximate surface area is 105 Å². The van der Waals surface area contributed by atoms with E-state index in [1.165, 1.54) is 19.3 Å². The molecule has 98 valence electrons. The summed E-state index contributed by atoms with van der Waals surface area (Å²) in [5, 5.41) is 3.81. The summed E-state index contributed by atoms with van der Waals surface area (Å²) >= 11 is 0. The summed E-state index contributed by atoms with van der Waals surface area (Å²) in [5.74, 6) is 1.76. The fourth-order valence-electron chi connectivity index (χ4n) is 4.12.